The zero-order chi connectivity index (χ0) is 24.1. The second-order valence-electron chi connectivity index (χ2n) is 7.71. The van der Waals surface area contributed by atoms with E-state index in [4.69, 9.17) is 5.73 Å². The molecule has 0 aliphatic heterocycles. The van der Waals surface area contributed by atoms with E-state index in [0.717, 1.165) is 0 Å². The van der Waals surface area contributed by atoms with Gasteiger partial charge in [-0.1, -0.05) is 40.5 Å². The molecule has 6 unspecified atom stereocenters. The molecule has 0 fully saturated rings. The van der Waals surface area contributed by atoms with Gasteiger partial charge in [-0.25, -0.2) is 4.79 Å². The van der Waals surface area contributed by atoms with Crippen molar-refractivity contribution in [2.75, 3.05) is 17.8 Å². The van der Waals surface area contributed by atoms with Crippen molar-refractivity contribution in [3.8, 4) is 0 Å². The Kier molecular flexibility index (Phi) is 14.6. The summed E-state index contributed by atoms with van der Waals surface area (Å²) in [5.74, 6) is -2.46. The summed E-state index contributed by atoms with van der Waals surface area (Å²) in [5, 5.41) is 17.1. The van der Waals surface area contributed by atoms with Crippen LogP contribution in [0.1, 0.15) is 47.0 Å². The highest BCUT2D eigenvalue weighted by Gasteiger charge is 2.32. The molecule has 0 radical (unpaired) electrons. The number of amides is 3. The number of thiol groups is 1. The summed E-state index contributed by atoms with van der Waals surface area (Å²) >= 11 is 5.62. The van der Waals surface area contributed by atoms with Gasteiger partial charge in [-0.2, -0.15) is 24.4 Å². The normalized spacial score (nSPS) is 16.9. The minimum Gasteiger partial charge on any atom is -0.480 e. The SMILES string of the molecule is CCC(C)C(N)C(=O)NC(CS)C(=O)NC(C(=O)NC(CCSC)C(=O)O)C(C)CC. The second-order valence-corrected chi connectivity index (χ2v) is 9.06. The Morgan fingerprint density at radius 1 is 0.935 bits per heavy atom. The lowest BCUT2D eigenvalue weighted by atomic mass is 9.97. The lowest BCUT2D eigenvalue weighted by molar-refractivity contribution is -0.142. The monoisotopic (exact) mass is 478 g/mol. The summed E-state index contributed by atoms with van der Waals surface area (Å²) in [6.07, 6.45) is 3.41. The van der Waals surface area contributed by atoms with Gasteiger partial charge in [0.15, 0.2) is 0 Å². The van der Waals surface area contributed by atoms with Crippen molar-refractivity contribution in [3.63, 3.8) is 0 Å². The minimum absolute atomic E-state index is 0.0190. The fourth-order valence-electron chi connectivity index (χ4n) is 2.68. The molecule has 9 nitrogen and oxygen atoms in total. The van der Waals surface area contributed by atoms with Crippen LogP contribution in [0.4, 0.5) is 0 Å². The number of carbonyl (C=O) groups excluding carboxylic acids is 3. The zero-order valence-corrected chi connectivity index (χ0v) is 20.7. The number of thioether (sulfide) groups is 1. The van der Waals surface area contributed by atoms with Gasteiger partial charge in [0, 0.05) is 5.75 Å². The Morgan fingerprint density at radius 2 is 1.48 bits per heavy atom. The molecule has 180 valence electrons. The van der Waals surface area contributed by atoms with Crippen LogP contribution >= 0.6 is 24.4 Å². The maximum absolute atomic E-state index is 12.8. The number of carbonyl (C=O) groups is 4. The van der Waals surface area contributed by atoms with E-state index >= 15 is 0 Å². The van der Waals surface area contributed by atoms with Gasteiger partial charge < -0.3 is 26.8 Å². The molecule has 0 bridgehead atoms. The summed E-state index contributed by atoms with van der Waals surface area (Å²) < 4.78 is 0. The number of carboxylic acids is 1. The van der Waals surface area contributed by atoms with Gasteiger partial charge in [0.1, 0.15) is 18.1 Å². The van der Waals surface area contributed by atoms with Crippen LogP contribution in [-0.2, 0) is 19.2 Å². The molecule has 31 heavy (non-hydrogen) atoms. The topological polar surface area (TPSA) is 151 Å². The van der Waals surface area contributed by atoms with E-state index in [9.17, 15) is 24.3 Å². The molecule has 0 aliphatic rings. The van der Waals surface area contributed by atoms with Gasteiger partial charge in [-0.3, -0.25) is 14.4 Å². The van der Waals surface area contributed by atoms with Crippen molar-refractivity contribution in [2.45, 2.75) is 71.1 Å². The second kappa shape index (κ2) is 15.4. The van der Waals surface area contributed by atoms with Crippen LogP contribution in [0, 0.1) is 11.8 Å². The third-order valence-corrected chi connectivity index (χ3v) is 6.40. The van der Waals surface area contributed by atoms with Crippen molar-refractivity contribution < 1.29 is 24.3 Å². The predicted molar refractivity (Wildman–Crippen MR) is 127 cm³/mol. The fourth-order valence-corrected chi connectivity index (χ4v) is 3.41. The molecule has 0 heterocycles. The minimum atomic E-state index is -1.13. The first-order chi connectivity index (χ1) is 14.5. The highest BCUT2D eigenvalue weighted by atomic mass is 32.2. The van der Waals surface area contributed by atoms with Gasteiger partial charge in [-0.05, 0) is 30.3 Å². The quantitative estimate of drug-likeness (QED) is 0.189. The Bertz CT molecular complexity index is 608. The Morgan fingerprint density at radius 3 is 1.94 bits per heavy atom. The van der Waals surface area contributed by atoms with E-state index in [1.54, 1.807) is 6.92 Å². The highest BCUT2D eigenvalue weighted by Crippen LogP contribution is 2.11. The summed E-state index contributed by atoms with van der Waals surface area (Å²) in [7, 11) is 0. The summed E-state index contributed by atoms with van der Waals surface area (Å²) in [6.45, 7) is 7.41. The Labute approximate surface area is 194 Å². The molecular weight excluding hydrogens is 440 g/mol. The fraction of sp³-hybridized carbons (Fsp3) is 0.800. The smallest absolute Gasteiger partial charge is 0.326 e. The largest absolute Gasteiger partial charge is 0.480 e. The van der Waals surface area contributed by atoms with Crippen molar-refractivity contribution in [3.05, 3.63) is 0 Å². The van der Waals surface area contributed by atoms with Crippen LogP contribution in [0.5, 0.6) is 0 Å². The van der Waals surface area contributed by atoms with Gasteiger partial charge in [-0.15, -0.1) is 0 Å². The molecule has 0 spiro atoms. The molecule has 3 amide bonds. The van der Waals surface area contributed by atoms with Crippen LogP contribution in [-0.4, -0.2) is 70.7 Å². The van der Waals surface area contributed by atoms with E-state index in [2.05, 4.69) is 28.6 Å². The molecular formula is C20H38N4O5S2. The molecule has 0 aromatic carbocycles. The lowest BCUT2D eigenvalue weighted by Crippen LogP contribution is -2.59. The molecule has 0 rings (SSSR count). The lowest BCUT2D eigenvalue weighted by Gasteiger charge is -2.28. The highest BCUT2D eigenvalue weighted by molar-refractivity contribution is 7.98. The third kappa shape index (κ3) is 10.1. The molecule has 0 aliphatic carbocycles. The summed E-state index contributed by atoms with van der Waals surface area (Å²) in [6, 6.07) is -3.73. The molecule has 0 aromatic rings. The standard InChI is InChI=1S/C20H38N4O5S2/c1-6-11(3)15(21)18(26)23-14(10-30)17(25)24-16(12(4)7-2)19(27)22-13(20(28)29)8-9-31-5/h11-16,30H,6-10,21H2,1-5H3,(H,22,27)(H,23,26)(H,24,25)(H,28,29). The maximum Gasteiger partial charge on any atom is 0.326 e. The average molecular weight is 479 g/mol. The molecule has 0 saturated carbocycles. The van der Waals surface area contributed by atoms with Gasteiger partial charge in [0.2, 0.25) is 17.7 Å². The number of nitrogens with one attached hydrogen (secondary N) is 3. The number of hydrogen-bond acceptors (Lipinski definition) is 7. The molecule has 6 N–H and O–H groups in total. The van der Waals surface area contributed by atoms with Gasteiger partial charge in [0.05, 0.1) is 6.04 Å². The van der Waals surface area contributed by atoms with E-state index in [1.807, 2.05) is 27.0 Å². The number of rotatable bonds is 15. The van der Waals surface area contributed by atoms with Crippen molar-refractivity contribution in [1.82, 2.24) is 16.0 Å². The van der Waals surface area contributed by atoms with E-state index in [0.29, 0.717) is 18.6 Å². The van der Waals surface area contributed by atoms with E-state index < -0.39 is 47.9 Å². The molecule has 0 saturated heterocycles. The zero-order valence-electron chi connectivity index (χ0n) is 19.0. The number of aliphatic carboxylic acids is 1. The number of nitrogens with two attached hydrogens (primary N) is 1. The average Bonchev–Trinajstić information content (AvgIpc) is 2.75. The number of carboxylic acid groups (broad SMARTS) is 1. The number of hydrogen-bond donors (Lipinski definition) is 6. The van der Waals surface area contributed by atoms with Crippen LogP contribution in [0.2, 0.25) is 0 Å². The Balaban J connectivity index is 5.31. The van der Waals surface area contributed by atoms with E-state index in [1.165, 1.54) is 11.8 Å². The first kappa shape index (κ1) is 29.5. The van der Waals surface area contributed by atoms with Gasteiger partial charge >= 0.3 is 5.97 Å². The van der Waals surface area contributed by atoms with Crippen LogP contribution in [0.25, 0.3) is 0 Å². The molecule has 11 heteroatoms. The van der Waals surface area contributed by atoms with Crippen molar-refractivity contribution >= 4 is 48.1 Å². The Hall–Kier alpha value is -1.46. The first-order valence-corrected chi connectivity index (χ1v) is 12.6. The summed E-state index contributed by atoms with van der Waals surface area (Å²) in [4.78, 5) is 49.4. The van der Waals surface area contributed by atoms with Crippen LogP contribution in [0.15, 0.2) is 0 Å². The van der Waals surface area contributed by atoms with Crippen molar-refractivity contribution in [2.24, 2.45) is 17.6 Å². The molecule has 6 atom stereocenters. The van der Waals surface area contributed by atoms with Crippen LogP contribution in [0.3, 0.4) is 0 Å². The van der Waals surface area contributed by atoms with Crippen LogP contribution < -0.4 is 21.7 Å². The van der Waals surface area contributed by atoms with Gasteiger partial charge in [0.25, 0.3) is 0 Å². The third-order valence-electron chi connectivity index (χ3n) is 5.39. The first-order valence-electron chi connectivity index (χ1n) is 10.5. The summed E-state index contributed by atoms with van der Waals surface area (Å²) in [5.41, 5.74) is 5.93. The van der Waals surface area contributed by atoms with Crippen molar-refractivity contribution in [1.29, 1.82) is 0 Å². The molecule has 0 aromatic heterocycles. The predicted octanol–water partition coefficient (Wildman–Crippen LogP) is 0.628. The maximum atomic E-state index is 12.8. The van der Waals surface area contributed by atoms with E-state index in [-0.39, 0.29) is 24.0 Å².